The summed E-state index contributed by atoms with van der Waals surface area (Å²) >= 11 is 2.23. The Kier molecular flexibility index (Phi) is 3.69. The summed E-state index contributed by atoms with van der Waals surface area (Å²) in [5.74, 6) is 1.30. The molecule has 0 saturated carbocycles. The molecule has 3 nitrogen and oxygen atoms in total. The van der Waals surface area contributed by atoms with Gasteiger partial charge in [-0.3, -0.25) is 0 Å². The second kappa shape index (κ2) is 5.03. The number of rotatable bonds is 3. The van der Waals surface area contributed by atoms with Crippen LogP contribution in [-0.2, 0) is 4.74 Å². The molecule has 2 N–H and O–H groups in total. The van der Waals surface area contributed by atoms with E-state index in [4.69, 9.17) is 15.2 Å². The summed E-state index contributed by atoms with van der Waals surface area (Å²) in [6.07, 6.45) is 1.09. The minimum absolute atomic E-state index is 0.517. The van der Waals surface area contributed by atoms with Crippen molar-refractivity contribution in [2.45, 2.75) is 6.42 Å². The largest absolute Gasteiger partial charge is 0.491 e. The predicted molar refractivity (Wildman–Crippen MR) is 68.0 cm³/mol. The zero-order chi connectivity index (χ0) is 10.7. The van der Waals surface area contributed by atoms with Crippen LogP contribution in [0.5, 0.6) is 5.75 Å². The number of hydrogen-bond donors (Lipinski definition) is 1. The molecular formula is C11H14INO2. The van der Waals surface area contributed by atoms with Gasteiger partial charge in [0.1, 0.15) is 5.75 Å². The van der Waals surface area contributed by atoms with Crippen LogP contribution in [0.2, 0.25) is 0 Å². The van der Waals surface area contributed by atoms with Crippen molar-refractivity contribution in [1.82, 2.24) is 0 Å². The van der Waals surface area contributed by atoms with Gasteiger partial charge in [-0.2, -0.15) is 0 Å². The maximum Gasteiger partial charge on any atom is 0.142 e. The summed E-state index contributed by atoms with van der Waals surface area (Å²) in [5, 5.41) is 0. The van der Waals surface area contributed by atoms with Gasteiger partial charge in [0, 0.05) is 16.1 Å². The van der Waals surface area contributed by atoms with E-state index < -0.39 is 0 Å². The molecule has 1 unspecified atom stereocenters. The van der Waals surface area contributed by atoms with E-state index in [1.54, 1.807) is 0 Å². The van der Waals surface area contributed by atoms with E-state index in [0.29, 0.717) is 18.2 Å². The third-order valence-corrected chi connectivity index (χ3v) is 3.14. The highest BCUT2D eigenvalue weighted by Crippen LogP contribution is 2.24. The molecular weight excluding hydrogens is 305 g/mol. The standard InChI is InChI=1S/C11H14INO2/c12-9-1-2-11(10(13)5-9)15-7-8-3-4-14-6-8/h1-2,5,8H,3-4,6-7,13H2. The van der Waals surface area contributed by atoms with E-state index in [0.717, 1.165) is 29.0 Å². The van der Waals surface area contributed by atoms with Crippen molar-refractivity contribution in [2.75, 3.05) is 25.6 Å². The lowest BCUT2D eigenvalue weighted by Crippen LogP contribution is -2.12. The van der Waals surface area contributed by atoms with Gasteiger partial charge < -0.3 is 15.2 Å². The first-order chi connectivity index (χ1) is 7.25. The topological polar surface area (TPSA) is 44.5 Å². The molecule has 0 bridgehead atoms. The molecule has 1 saturated heterocycles. The first-order valence-electron chi connectivity index (χ1n) is 5.01. The monoisotopic (exact) mass is 319 g/mol. The van der Waals surface area contributed by atoms with Gasteiger partial charge in [0.05, 0.1) is 18.9 Å². The van der Waals surface area contributed by atoms with Gasteiger partial charge in [-0.1, -0.05) is 0 Å². The molecule has 1 aliphatic rings. The van der Waals surface area contributed by atoms with E-state index in [-0.39, 0.29) is 0 Å². The van der Waals surface area contributed by atoms with Crippen LogP contribution in [-0.4, -0.2) is 19.8 Å². The molecule has 1 aliphatic heterocycles. The van der Waals surface area contributed by atoms with Crippen LogP contribution < -0.4 is 10.5 Å². The van der Waals surface area contributed by atoms with Gasteiger partial charge in [-0.15, -0.1) is 0 Å². The Labute approximate surface area is 103 Å². The van der Waals surface area contributed by atoms with E-state index in [2.05, 4.69) is 22.6 Å². The molecule has 1 fully saturated rings. The van der Waals surface area contributed by atoms with Crippen LogP contribution in [0, 0.1) is 9.49 Å². The molecule has 4 heteroatoms. The lowest BCUT2D eigenvalue weighted by atomic mass is 10.1. The molecule has 0 radical (unpaired) electrons. The minimum Gasteiger partial charge on any atom is -0.491 e. The molecule has 82 valence electrons. The third kappa shape index (κ3) is 2.98. The number of ether oxygens (including phenoxy) is 2. The Hall–Kier alpha value is -0.490. The number of anilines is 1. The van der Waals surface area contributed by atoms with E-state index >= 15 is 0 Å². The van der Waals surface area contributed by atoms with Crippen LogP contribution >= 0.6 is 22.6 Å². The fourth-order valence-electron chi connectivity index (χ4n) is 1.57. The van der Waals surface area contributed by atoms with Crippen molar-refractivity contribution in [3.63, 3.8) is 0 Å². The molecule has 0 spiro atoms. The van der Waals surface area contributed by atoms with Gasteiger partial charge in [-0.05, 0) is 47.2 Å². The van der Waals surface area contributed by atoms with Crippen molar-refractivity contribution in [3.8, 4) is 5.75 Å². The van der Waals surface area contributed by atoms with Crippen molar-refractivity contribution in [1.29, 1.82) is 0 Å². The van der Waals surface area contributed by atoms with Crippen LogP contribution in [0.3, 0.4) is 0 Å². The fraction of sp³-hybridized carbons (Fsp3) is 0.455. The summed E-state index contributed by atoms with van der Waals surface area (Å²) in [6.45, 7) is 2.37. The Morgan fingerprint density at radius 1 is 1.53 bits per heavy atom. The highest BCUT2D eigenvalue weighted by Gasteiger charge is 2.16. The number of benzene rings is 1. The number of nitrogens with two attached hydrogens (primary N) is 1. The zero-order valence-corrected chi connectivity index (χ0v) is 10.6. The fourth-order valence-corrected chi connectivity index (χ4v) is 2.09. The normalized spacial score (nSPS) is 20.5. The van der Waals surface area contributed by atoms with Gasteiger partial charge in [0.2, 0.25) is 0 Å². The van der Waals surface area contributed by atoms with Crippen molar-refractivity contribution < 1.29 is 9.47 Å². The molecule has 15 heavy (non-hydrogen) atoms. The second-order valence-electron chi connectivity index (χ2n) is 3.72. The quantitative estimate of drug-likeness (QED) is 0.687. The molecule has 1 aromatic rings. The molecule has 1 atom stereocenters. The average Bonchev–Trinajstić information content (AvgIpc) is 2.69. The van der Waals surface area contributed by atoms with Crippen LogP contribution in [0.25, 0.3) is 0 Å². The van der Waals surface area contributed by atoms with E-state index in [9.17, 15) is 0 Å². The molecule has 1 aromatic carbocycles. The van der Waals surface area contributed by atoms with Gasteiger partial charge in [0.15, 0.2) is 0 Å². The lowest BCUT2D eigenvalue weighted by molar-refractivity contribution is 0.167. The second-order valence-corrected chi connectivity index (χ2v) is 4.97. The molecule has 2 rings (SSSR count). The zero-order valence-electron chi connectivity index (χ0n) is 8.41. The summed E-state index contributed by atoms with van der Waals surface area (Å²) in [5.41, 5.74) is 6.55. The number of nitrogen functional groups attached to an aromatic ring is 1. The average molecular weight is 319 g/mol. The van der Waals surface area contributed by atoms with E-state index in [1.807, 2.05) is 18.2 Å². The minimum atomic E-state index is 0.517. The summed E-state index contributed by atoms with van der Waals surface area (Å²) in [4.78, 5) is 0. The predicted octanol–water partition coefficient (Wildman–Crippen LogP) is 2.29. The Bertz CT molecular complexity index is 337. The van der Waals surface area contributed by atoms with Crippen molar-refractivity contribution in [2.24, 2.45) is 5.92 Å². The Morgan fingerprint density at radius 2 is 2.40 bits per heavy atom. The highest BCUT2D eigenvalue weighted by atomic mass is 127. The first kappa shape index (κ1) is 11.0. The maximum atomic E-state index is 5.85. The van der Waals surface area contributed by atoms with Gasteiger partial charge >= 0.3 is 0 Å². The van der Waals surface area contributed by atoms with Crippen LogP contribution in [0.4, 0.5) is 5.69 Å². The summed E-state index contributed by atoms with van der Waals surface area (Å²) in [7, 11) is 0. The molecule has 0 aromatic heterocycles. The molecule has 0 amide bonds. The third-order valence-electron chi connectivity index (χ3n) is 2.47. The number of halogens is 1. The van der Waals surface area contributed by atoms with Crippen molar-refractivity contribution >= 4 is 28.3 Å². The summed E-state index contributed by atoms with van der Waals surface area (Å²) in [6, 6.07) is 5.84. The van der Waals surface area contributed by atoms with Gasteiger partial charge in [-0.25, -0.2) is 0 Å². The summed E-state index contributed by atoms with van der Waals surface area (Å²) < 4.78 is 12.1. The lowest BCUT2D eigenvalue weighted by Gasteiger charge is -2.12. The van der Waals surface area contributed by atoms with Gasteiger partial charge in [0.25, 0.3) is 0 Å². The van der Waals surface area contributed by atoms with E-state index in [1.165, 1.54) is 0 Å². The molecule has 0 aliphatic carbocycles. The van der Waals surface area contributed by atoms with Crippen LogP contribution in [0.1, 0.15) is 6.42 Å². The number of hydrogen-bond acceptors (Lipinski definition) is 3. The Balaban J connectivity index is 1.92. The van der Waals surface area contributed by atoms with Crippen molar-refractivity contribution in [3.05, 3.63) is 21.8 Å². The SMILES string of the molecule is Nc1cc(I)ccc1OCC1CCOC1. The Morgan fingerprint density at radius 3 is 3.07 bits per heavy atom. The maximum absolute atomic E-state index is 5.85. The smallest absolute Gasteiger partial charge is 0.142 e. The molecule has 1 heterocycles. The highest BCUT2D eigenvalue weighted by molar-refractivity contribution is 14.1. The van der Waals surface area contributed by atoms with Crippen LogP contribution in [0.15, 0.2) is 18.2 Å². The first-order valence-corrected chi connectivity index (χ1v) is 6.09.